The molecule has 0 spiro atoms. The van der Waals surface area contributed by atoms with E-state index < -0.39 is 15.9 Å². The minimum absolute atomic E-state index is 0.0375. The molecule has 0 radical (unpaired) electrons. The highest BCUT2D eigenvalue weighted by Gasteiger charge is 2.23. The van der Waals surface area contributed by atoms with Gasteiger partial charge in [0.1, 0.15) is 0 Å². The van der Waals surface area contributed by atoms with Crippen LogP contribution in [0.15, 0.2) is 51.8 Å². The van der Waals surface area contributed by atoms with Gasteiger partial charge in [-0.15, -0.1) is 5.10 Å². The molecule has 0 saturated heterocycles. The molecule has 9 heteroatoms. The summed E-state index contributed by atoms with van der Waals surface area (Å²) in [5.41, 5.74) is 3.27. The molecule has 3 rings (SSSR count). The van der Waals surface area contributed by atoms with Gasteiger partial charge in [0.15, 0.2) is 0 Å². The quantitative estimate of drug-likeness (QED) is 0.643. The van der Waals surface area contributed by atoms with Crippen molar-refractivity contribution in [2.75, 3.05) is 12.4 Å². The number of anilines is 1. The Morgan fingerprint density at radius 2 is 1.70 bits per heavy atom. The number of hydrogen-bond donors (Lipinski definition) is 1. The Bertz CT molecular complexity index is 1170. The summed E-state index contributed by atoms with van der Waals surface area (Å²) >= 11 is 0. The summed E-state index contributed by atoms with van der Waals surface area (Å²) in [5, 5.41) is 10.4. The van der Waals surface area contributed by atoms with Gasteiger partial charge in [0.2, 0.25) is 15.9 Å². The van der Waals surface area contributed by atoms with Crippen LogP contribution in [0, 0.1) is 13.8 Å². The van der Waals surface area contributed by atoms with Crippen LogP contribution < -0.4 is 5.32 Å². The third kappa shape index (κ3) is 4.42. The molecule has 0 aliphatic carbocycles. The smallest absolute Gasteiger partial charge is 0.322 e. The summed E-state index contributed by atoms with van der Waals surface area (Å²) in [6, 6.07) is 11.2. The average molecular weight is 429 g/mol. The van der Waals surface area contributed by atoms with Gasteiger partial charge < -0.3 is 4.42 Å². The molecule has 0 fully saturated rings. The maximum absolute atomic E-state index is 12.5. The van der Waals surface area contributed by atoms with E-state index in [4.69, 9.17) is 4.42 Å². The van der Waals surface area contributed by atoms with Crippen molar-refractivity contribution in [2.45, 2.75) is 38.6 Å². The van der Waals surface area contributed by atoms with E-state index in [1.165, 1.54) is 35.6 Å². The first-order chi connectivity index (χ1) is 14.1. The molecule has 1 heterocycles. The van der Waals surface area contributed by atoms with Gasteiger partial charge in [-0.2, -0.15) is 4.31 Å². The van der Waals surface area contributed by atoms with E-state index in [0.29, 0.717) is 5.89 Å². The highest BCUT2D eigenvalue weighted by Crippen LogP contribution is 2.23. The number of nitrogens with zero attached hydrogens (tertiary/aromatic N) is 3. The normalized spacial score (nSPS) is 11.8. The van der Waals surface area contributed by atoms with Crippen LogP contribution in [-0.2, 0) is 10.0 Å². The molecular formula is C21H24N4O4S. The second-order valence-electron chi connectivity index (χ2n) is 7.30. The minimum atomic E-state index is -3.61. The maximum Gasteiger partial charge on any atom is 0.322 e. The largest absolute Gasteiger partial charge is 0.403 e. The summed E-state index contributed by atoms with van der Waals surface area (Å²) in [5.74, 6) is -0.182. The lowest BCUT2D eigenvalue weighted by atomic mass is 10.1. The fraction of sp³-hybridized carbons (Fsp3) is 0.286. The number of carbonyl (C=O) groups is 1. The number of nitrogens with one attached hydrogen (secondary N) is 1. The molecule has 1 aromatic heterocycles. The summed E-state index contributed by atoms with van der Waals surface area (Å²) in [6.45, 7) is 7.57. The molecule has 0 atom stereocenters. The summed E-state index contributed by atoms with van der Waals surface area (Å²) in [6.07, 6.45) is 0. The Balaban J connectivity index is 1.74. The van der Waals surface area contributed by atoms with Gasteiger partial charge in [0, 0.05) is 24.2 Å². The van der Waals surface area contributed by atoms with E-state index in [1.807, 2.05) is 32.0 Å². The summed E-state index contributed by atoms with van der Waals surface area (Å²) < 4.78 is 31.8. The third-order valence-electron chi connectivity index (χ3n) is 4.92. The van der Waals surface area contributed by atoms with Gasteiger partial charge in [-0.25, -0.2) is 8.42 Å². The minimum Gasteiger partial charge on any atom is -0.403 e. The molecule has 0 aliphatic rings. The van der Waals surface area contributed by atoms with Crippen LogP contribution in [0.2, 0.25) is 0 Å². The third-order valence-corrected chi connectivity index (χ3v) is 6.97. The molecule has 3 aromatic rings. The van der Waals surface area contributed by atoms with Gasteiger partial charge in [-0.3, -0.25) is 10.1 Å². The molecule has 0 unspecified atom stereocenters. The molecule has 1 N–H and O–H groups in total. The van der Waals surface area contributed by atoms with Crippen molar-refractivity contribution in [1.29, 1.82) is 0 Å². The fourth-order valence-corrected chi connectivity index (χ4v) is 4.02. The lowest BCUT2D eigenvalue weighted by Gasteiger charge is -2.20. The number of carbonyl (C=O) groups excluding carboxylic acids is 1. The number of hydrogen-bond acceptors (Lipinski definition) is 6. The van der Waals surface area contributed by atoms with Gasteiger partial charge >= 0.3 is 6.01 Å². The predicted octanol–water partition coefficient (Wildman–Crippen LogP) is 3.63. The monoisotopic (exact) mass is 428 g/mol. The Kier molecular flexibility index (Phi) is 6.04. The standard InChI is InChI=1S/C21H24N4O4S/c1-13(2)25(5)30(27,28)18-10-8-16(9-11-18)19(26)22-21-24-23-20(29-21)17-7-6-14(3)15(4)12-17/h6-13H,1-5H3,(H,22,24,26). The van der Waals surface area contributed by atoms with Crippen LogP contribution in [0.4, 0.5) is 6.01 Å². The zero-order valence-corrected chi connectivity index (χ0v) is 18.3. The predicted molar refractivity (Wildman–Crippen MR) is 114 cm³/mol. The zero-order valence-electron chi connectivity index (χ0n) is 17.5. The van der Waals surface area contributed by atoms with Crippen LogP contribution in [0.1, 0.15) is 35.3 Å². The van der Waals surface area contributed by atoms with Gasteiger partial charge in [-0.1, -0.05) is 11.2 Å². The lowest BCUT2D eigenvalue weighted by Crippen LogP contribution is -2.33. The van der Waals surface area contributed by atoms with Crippen LogP contribution in [-0.4, -0.2) is 41.9 Å². The van der Waals surface area contributed by atoms with E-state index in [-0.39, 0.29) is 22.5 Å². The molecular weight excluding hydrogens is 404 g/mol. The SMILES string of the molecule is Cc1ccc(-c2nnc(NC(=O)c3ccc(S(=O)(=O)N(C)C(C)C)cc3)o2)cc1C. The Labute approximate surface area is 176 Å². The zero-order chi connectivity index (χ0) is 22.1. The van der Waals surface area contributed by atoms with E-state index in [0.717, 1.165) is 16.7 Å². The highest BCUT2D eigenvalue weighted by atomic mass is 32.2. The van der Waals surface area contributed by atoms with Crippen molar-refractivity contribution in [3.63, 3.8) is 0 Å². The molecule has 0 bridgehead atoms. The Morgan fingerprint density at radius 1 is 1.03 bits per heavy atom. The molecule has 158 valence electrons. The van der Waals surface area contributed by atoms with Crippen molar-refractivity contribution in [3.8, 4) is 11.5 Å². The van der Waals surface area contributed by atoms with Gasteiger partial charge in [0.05, 0.1) is 4.90 Å². The van der Waals surface area contributed by atoms with Crippen molar-refractivity contribution >= 4 is 21.9 Å². The number of sulfonamides is 1. The Morgan fingerprint density at radius 3 is 2.30 bits per heavy atom. The van der Waals surface area contributed by atoms with Crippen molar-refractivity contribution in [1.82, 2.24) is 14.5 Å². The second kappa shape index (κ2) is 8.37. The Hall–Kier alpha value is -3.04. The van der Waals surface area contributed by atoms with Crippen LogP contribution >= 0.6 is 0 Å². The number of amides is 1. The molecule has 0 aliphatic heterocycles. The summed E-state index contributed by atoms with van der Waals surface area (Å²) in [7, 11) is -2.10. The molecule has 8 nitrogen and oxygen atoms in total. The van der Waals surface area contributed by atoms with E-state index in [1.54, 1.807) is 13.8 Å². The van der Waals surface area contributed by atoms with Gasteiger partial charge in [0.25, 0.3) is 5.91 Å². The van der Waals surface area contributed by atoms with E-state index in [2.05, 4.69) is 15.5 Å². The number of aryl methyl sites for hydroxylation is 2. The second-order valence-corrected chi connectivity index (χ2v) is 9.30. The first-order valence-electron chi connectivity index (χ1n) is 9.40. The molecule has 1 amide bonds. The number of benzene rings is 2. The van der Waals surface area contributed by atoms with Crippen LogP contribution in [0.25, 0.3) is 11.5 Å². The van der Waals surface area contributed by atoms with Crippen LogP contribution in [0.3, 0.4) is 0 Å². The number of aromatic nitrogens is 2. The number of rotatable bonds is 6. The van der Waals surface area contributed by atoms with Crippen LogP contribution in [0.5, 0.6) is 0 Å². The van der Waals surface area contributed by atoms with E-state index in [9.17, 15) is 13.2 Å². The fourth-order valence-electron chi connectivity index (χ4n) is 2.66. The average Bonchev–Trinajstić information content (AvgIpc) is 3.17. The van der Waals surface area contributed by atoms with Crippen molar-refractivity contribution < 1.29 is 17.6 Å². The molecule has 0 saturated carbocycles. The lowest BCUT2D eigenvalue weighted by molar-refractivity contribution is 0.102. The topological polar surface area (TPSA) is 105 Å². The van der Waals surface area contributed by atoms with Gasteiger partial charge in [-0.05, 0) is 75.2 Å². The van der Waals surface area contributed by atoms with E-state index >= 15 is 0 Å². The highest BCUT2D eigenvalue weighted by molar-refractivity contribution is 7.89. The molecule has 2 aromatic carbocycles. The maximum atomic E-state index is 12.5. The first kappa shape index (κ1) is 21.7. The van der Waals surface area contributed by atoms with Crippen molar-refractivity contribution in [3.05, 3.63) is 59.2 Å². The molecule has 30 heavy (non-hydrogen) atoms. The first-order valence-corrected chi connectivity index (χ1v) is 10.8. The van der Waals surface area contributed by atoms with Crippen molar-refractivity contribution in [2.24, 2.45) is 0 Å². The summed E-state index contributed by atoms with van der Waals surface area (Å²) in [4.78, 5) is 12.6.